The van der Waals surface area contributed by atoms with Gasteiger partial charge in [0.1, 0.15) is 5.70 Å². The monoisotopic (exact) mass is 449 g/mol. The Labute approximate surface area is 182 Å². The van der Waals surface area contributed by atoms with Crippen LogP contribution in [0.1, 0.15) is 15.9 Å². The molecule has 0 radical (unpaired) electrons. The largest absolute Gasteiger partial charge is 0.378 e. The Hall–Kier alpha value is -2.94. The molecular formula is C20H17Cl2N3O5. The zero-order valence-electron chi connectivity index (χ0n) is 15.6. The maximum atomic E-state index is 13.0. The van der Waals surface area contributed by atoms with E-state index in [4.69, 9.17) is 27.9 Å². The summed E-state index contributed by atoms with van der Waals surface area (Å²) in [6.45, 7) is 1.49. The predicted octanol–water partition coefficient (Wildman–Crippen LogP) is 3.53. The standard InChI is InChI=1S/C20H17Cl2N3O5/c21-14-4-5-16(17(22)12-14)19(26)23-18(20(27)24-6-8-30-9-7-24)11-13-2-1-3-15(10-13)25(28)29/h1-5,10-12H,6-9H2,(H,23,26)/b18-11-. The molecule has 0 spiro atoms. The molecule has 1 saturated heterocycles. The number of non-ortho nitro benzene ring substituents is 1. The van der Waals surface area contributed by atoms with Gasteiger partial charge in [-0.2, -0.15) is 0 Å². The van der Waals surface area contributed by atoms with E-state index in [1.807, 2.05) is 0 Å². The quantitative estimate of drug-likeness (QED) is 0.427. The lowest BCUT2D eigenvalue weighted by atomic mass is 10.1. The summed E-state index contributed by atoms with van der Waals surface area (Å²) in [5.74, 6) is -1.03. The number of hydrogen-bond donors (Lipinski definition) is 1. The lowest BCUT2D eigenvalue weighted by Gasteiger charge is -2.28. The van der Waals surface area contributed by atoms with Crippen molar-refractivity contribution in [3.8, 4) is 0 Å². The molecule has 156 valence electrons. The summed E-state index contributed by atoms with van der Waals surface area (Å²) in [4.78, 5) is 37.8. The summed E-state index contributed by atoms with van der Waals surface area (Å²) in [5.41, 5.74) is 0.367. The molecule has 0 bridgehead atoms. The summed E-state index contributed by atoms with van der Waals surface area (Å²) in [6.07, 6.45) is 1.40. The van der Waals surface area contributed by atoms with Gasteiger partial charge in [0.25, 0.3) is 17.5 Å². The Morgan fingerprint density at radius 1 is 1.13 bits per heavy atom. The van der Waals surface area contributed by atoms with Gasteiger partial charge in [-0.3, -0.25) is 19.7 Å². The van der Waals surface area contributed by atoms with Crippen molar-refractivity contribution in [2.45, 2.75) is 0 Å². The molecule has 3 rings (SSSR count). The van der Waals surface area contributed by atoms with Gasteiger partial charge in [0.15, 0.2) is 0 Å². The number of carbonyl (C=O) groups is 2. The van der Waals surface area contributed by atoms with Crippen molar-refractivity contribution in [3.63, 3.8) is 0 Å². The fourth-order valence-corrected chi connectivity index (χ4v) is 3.34. The van der Waals surface area contributed by atoms with Crippen molar-refractivity contribution in [1.29, 1.82) is 0 Å². The maximum absolute atomic E-state index is 13.0. The second-order valence-electron chi connectivity index (χ2n) is 6.39. The van der Waals surface area contributed by atoms with E-state index in [-0.39, 0.29) is 22.0 Å². The maximum Gasteiger partial charge on any atom is 0.270 e. The third kappa shape index (κ3) is 5.35. The number of nitrogens with zero attached hydrogens (tertiary/aromatic N) is 2. The summed E-state index contributed by atoms with van der Waals surface area (Å²) >= 11 is 12.0. The Morgan fingerprint density at radius 2 is 1.87 bits per heavy atom. The number of nitro groups is 1. The highest BCUT2D eigenvalue weighted by Gasteiger charge is 2.23. The Bertz CT molecular complexity index is 1020. The molecule has 30 heavy (non-hydrogen) atoms. The van der Waals surface area contributed by atoms with Gasteiger partial charge in [-0.15, -0.1) is 0 Å². The van der Waals surface area contributed by atoms with Crippen LogP contribution in [0.15, 0.2) is 48.2 Å². The zero-order valence-corrected chi connectivity index (χ0v) is 17.2. The van der Waals surface area contributed by atoms with E-state index in [2.05, 4.69) is 5.32 Å². The molecule has 0 aliphatic carbocycles. The molecule has 2 amide bonds. The Kier molecular flexibility index (Phi) is 7.04. The molecule has 1 aliphatic rings. The van der Waals surface area contributed by atoms with Crippen molar-refractivity contribution < 1.29 is 19.2 Å². The van der Waals surface area contributed by atoms with Crippen LogP contribution >= 0.6 is 23.2 Å². The van der Waals surface area contributed by atoms with Crippen molar-refractivity contribution >= 4 is 46.8 Å². The first-order valence-electron chi connectivity index (χ1n) is 8.95. The van der Waals surface area contributed by atoms with Crippen LogP contribution in [0.5, 0.6) is 0 Å². The molecule has 1 aliphatic heterocycles. The van der Waals surface area contributed by atoms with E-state index >= 15 is 0 Å². The number of carbonyl (C=O) groups excluding carboxylic acids is 2. The average Bonchev–Trinajstić information content (AvgIpc) is 2.73. The molecule has 2 aromatic carbocycles. The molecule has 8 nitrogen and oxygen atoms in total. The van der Waals surface area contributed by atoms with E-state index in [1.54, 1.807) is 6.07 Å². The summed E-state index contributed by atoms with van der Waals surface area (Å²) in [5, 5.41) is 14.1. The van der Waals surface area contributed by atoms with Gasteiger partial charge in [-0.1, -0.05) is 35.3 Å². The van der Waals surface area contributed by atoms with Crippen LogP contribution in [0.2, 0.25) is 10.0 Å². The highest BCUT2D eigenvalue weighted by molar-refractivity contribution is 6.36. The van der Waals surface area contributed by atoms with Crippen LogP contribution in [-0.2, 0) is 9.53 Å². The van der Waals surface area contributed by atoms with Crippen LogP contribution in [-0.4, -0.2) is 47.9 Å². The highest BCUT2D eigenvalue weighted by atomic mass is 35.5. The third-order valence-electron chi connectivity index (χ3n) is 4.34. The van der Waals surface area contributed by atoms with E-state index in [0.29, 0.717) is 36.9 Å². The van der Waals surface area contributed by atoms with Gasteiger partial charge < -0.3 is 15.0 Å². The van der Waals surface area contributed by atoms with Crippen molar-refractivity contribution in [1.82, 2.24) is 10.2 Å². The number of halogens is 2. The number of amides is 2. The molecule has 0 aromatic heterocycles. The van der Waals surface area contributed by atoms with Crippen LogP contribution < -0.4 is 5.32 Å². The highest BCUT2D eigenvalue weighted by Crippen LogP contribution is 2.22. The second kappa shape index (κ2) is 9.71. The zero-order chi connectivity index (χ0) is 21.7. The number of ether oxygens (including phenoxy) is 1. The minimum Gasteiger partial charge on any atom is -0.378 e. The average molecular weight is 450 g/mol. The molecule has 0 saturated carbocycles. The first kappa shape index (κ1) is 21.8. The van der Waals surface area contributed by atoms with Crippen molar-refractivity contribution in [3.05, 3.63) is 79.4 Å². The number of nitro benzene ring substituents is 1. The van der Waals surface area contributed by atoms with Gasteiger partial charge in [-0.05, 0) is 29.8 Å². The number of hydrogen-bond acceptors (Lipinski definition) is 5. The lowest BCUT2D eigenvalue weighted by molar-refractivity contribution is -0.384. The molecule has 0 unspecified atom stereocenters. The molecule has 1 heterocycles. The summed E-state index contributed by atoms with van der Waals surface area (Å²) in [7, 11) is 0. The topological polar surface area (TPSA) is 102 Å². The first-order chi connectivity index (χ1) is 14.3. The van der Waals surface area contributed by atoms with Gasteiger partial charge >= 0.3 is 0 Å². The number of nitrogens with one attached hydrogen (secondary N) is 1. The fourth-order valence-electron chi connectivity index (χ4n) is 2.85. The lowest BCUT2D eigenvalue weighted by Crippen LogP contribution is -2.44. The number of benzene rings is 2. The number of morpholine rings is 1. The molecule has 10 heteroatoms. The third-order valence-corrected chi connectivity index (χ3v) is 4.89. The van der Waals surface area contributed by atoms with E-state index < -0.39 is 16.7 Å². The second-order valence-corrected chi connectivity index (χ2v) is 7.24. The van der Waals surface area contributed by atoms with Gasteiger partial charge in [-0.25, -0.2) is 0 Å². The van der Waals surface area contributed by atoms with Gasteiger partial charge in [0.05, 0.1) is 28.7 Å². The molecule has 1 N–H and O–H groups in total. The normalized spacial score (nSPS) is 14.3. The van der Waals surface area contributed by atoms with Gasteiger partial charge in [0.2, 0.25) is 0 Å². The van der Waals surface area contributed by atoms with Gasteiger partial charge in [0, 0.05) is 30.2 Å². The van der Waals surface area contributed by atoms with Crippen LogP contribution in [0.25, 0.3) is 6.08 Å². The fraction of sp³-hybridized carbons (Fsp3) is 0.200. The first-order valence-corrected chi connectivity index (χ1v) is 9.70. The molecule has 1 fully saturated rings. The Morgan fingerprint density at radius 3 is 2.53 bits per heavy atom. The van der Waals surface area contributed by atoms with Crippen molar-refractivity contribution in [2.24, 2.45) is 0 Å². The molecular weight excluding hydrogens is 433 g/mol. The minimum absolute atomic E-state index is 0.0339. The molecule has 0 atom stereocenters. The van der Waals surface area contributed by atoms with Crippen LogP contribution in [0, 0.1) is 10.1 Å². The summed E-state index contributed by atoms with van der Waals surface area (Å²) in [6, 6.07) is 10.1. The SMILES string of the molecule is O=C(N/C(=C\c1cccc([N+](=O)[O-])c1)C(=O)N1CCOCC1)c1ccc(Cl)cc1Cl. The van der Waals surface area contributed by atoms with E-state index in [1.165, 1.54) is 47.4 Å². The van der Waals surface area contributed by atoms with Crippen molar-refractivity contribution in [2.75, 3.05) is 26.3 Å². The summed E-state index contributed by atoms with van der Waals surface area (Å²) < 4.78 is 5.26. The Balaban J connectivity index is 1.94. The minimum atomic E-state index is -0.602. The number of rotatable bonds is 5. The van der Waals surface area contributed by atoms with E-state index in [9.17, 15) is 19.7 Å². The predicted molar refractivity (Wildman–Crippen MR) is 112 cm³/mol. The van der Waals surface area contributed by atoms with E-state index in [0.717, 1.165) is 0 Å². The van der Waals surface area contributed by atoms with Crippen LogP contribution in [0.3, 0.4) is 0 Å². The smallest absolute Gasteiger partial charge is 0.270 e. The van der Waals surface area contributed by atoms with Crippen LogP contribution in [0.4, 0.5) is 5.69 Å². The molecule has 2 aromatic rings.